The van der Waals surface area contributed by atoms with Crippen LogP contribution in [0.15, 0.2) is 18.2 Å². The molecule has 3 aromatic heterocycles. The Morgan fingerprint density at radius 3 is 2.34 bits per heavy atom. The van der Waals surface area contributed by atoms with E-state index in [0.29, 0.717) is 18.0 Å². The average molecular weight is 476 g/mol. The SMILES string of the molecule is Cc1cc(CCC2(C3CCCC3)CC(=O)C(Cc3nc4nc(C)cc(C)n4n3)C(=O)O2)cc(C)n1. The highest BCUT2D eigenvalue weighted by Gasteiger charge is 2.51. The first-order valence-electron chi connectivity index (χ1n) is 12.6. The summed E-state index contributed by atoms with van der Waals surface area (Å²) in [6.45, 7) is 7.82. The molecule has 1 aliphatic carbocycles. The molecule has 8 nitrogen and oxygen atoms in total. The van der Waals surface area contributed by atoms with Gasteiger partial charge < -0.3 is 4.74 Å². The Bertz CT molecular complexity index is 1250. The smallest absolute Gasteiger partial charge is 0.317 e. The lowest BCUT2D eigenvalue weighted by molar-refractivity contribution is -0.185. The molecule has 8 heteroatoms. The molecule has 1 saturated heterocycles. The molecular weight excluding hydrogens is 442 g/mol. The quantitative estimate of drug-likeness (QED) is 0.393. The van der Waals surface area contributed by atoms with Crippen LogP contribution in [0.5, 0.6) is 0 Å². The van der Waals surface area contributed by atoms with E-state index in [1.165, 1.54) is 5.56 Å². The molecule has 1 aliphatic heterocycles. The molecule has 0 N–H and O–H groups in total. The summed E-state index contributed by atoms with van der Waals surface area (Å²) in [6, 6.07) is 6.09. The summed E-state index contributed by atoms with van der Waals surface area (Å²) in [7, 11) is 0. The van der Waals surface area contributed by atoms with Crippen LogP contribution in [0.4, 0.5) is 0 Å². The number of pyridine rings is 1. The van der Waals surface area contributed by atoms with E-state index < -0.39 is 17.5 Å². The standard InChI is InChI=1S/C27H33N5O3/c1-16-11-19(4)32-26(29-16)30-24(31-32)14-22-23(33)15-27(35-25(22)34,21-7-5-6-8-21)10-9-20-12-17(2)28-18(3)13-20/h11-13,21-22H,5-10,14-15H2,1-4H3. The van der Waals surface area contributed by atoms with E-state index in [1.807, 2.05) is 33.8 Å². The maximum Gasteiger partial charge on any atom is 0.317 e. The lowest BCUT2D eigenvalue weighted by atomic mass is 9.73. The Morgan fingerprint density at radius 2 is 1.66 bits per heavy atom. The molecule has 5 rings (SSSR count). The van der Waals surface area contributed by atoms with E-state index in [-0.39, 0.29) is 24.5 Å². The largest absolute Gasteiger partial charge is 0.458 e. The van der Waals surface area contributed by atoms with Gasteiger partial charge in [-0.1, -0.05) is 12.8 Å². The minimum Gasteiger partial charge on any atom is -0.458 e. The molecule has 4 heterocycles. The highest BCUT2D eigenvalue weighted by atomic mass is 16.6. The van der Waals surface area contributed by atoms with E-state index in [1.54, 1.807) is 4.52 Å². The molecule has 0 spiro atoms. The van der Waals surface area contributed by atoms with Crippen LogP contribution in [0.25, 0.3) is 5.78 Å². The molecule has 1 saturated carbocycles. The summed E-state index contributed by atoms with van der Waals surface area (Å²) < 4.78 is 7.91. The zero-order chi connectivity index (χ0) is 24.7. The topological polar surface area (TPSA) is 99.3 Å². The number of hydrogen-bond donors (Lipinski definition) is 0. The molecule has 0 amide bonds. The highest BCUT2D eigenvalue weighted by molar-refractivity contribution is 6.01. The fourth-order valence-corrected chi connectivity index (χ4v) is 5.98. The Morgan fingerprint density at radius 1 is 0.971 bits per heavy atom. The summed E-state index contributed by atoms with van der Waals surface area (Å²) in [6.07, 6.45) is 6.04. The number of ketones is 1. The number of nitrogens with zero attached hydrogens (tertiary/aromatic N) is 5. The summed E-state index contributed by atoms with van der Waals surface area (Å²) in [5.41, 5.74) is 4.16. The van der Waals surface area contributed by atoms with Crippen LogP contribution < -0.4 is 0 Å². The van der Waals surface area contributed by atoms with E-state index >= 15 is 0 Å². The molecular formula is C27H33N5O3. The Kier molecular flexibility index (Phi) is 6.15. The minimum absolute atomic E-state index is 0.0602. The summed E-state index contributed by atoms with van der Waals surface area (Å²) in [5.74, 6) is -0.211. The lowest BCUT2D eigenvalue weighted by Gasteiger charge is -2.43. The molecule has 0 radical (unpaired) electrons. The number of Topliss-reactive ketones (excluding diaryl/α,β-unsaturated/α-hetero) is 1. The van der Waals surface area contributed by atoms with Crippen molar-refractivity contribution in [3.05, 3.63) is 52.4 Å². The maximum atomic E-state index is 13.4. The minimum atomic E-state index is -0.867. The van der Waals surface area contributed by atoms with Gasteiger partial charge in [0.1, 0.15) is 11.5 Å². The van der Waals surface area contributed by atoms with E-state index in [9.17, 15) is 9.59 Å². The molecule has 3 aromatic rings. The van der Waals surface area contributed by atoms with Gasteiger partial charge in [0.2, 0.25) is 0 Å². The molecule has 35 heavy (non-hydrogen) atoms. The van der Waals surface area contributed by atoms with Gasteiger partial charge in [-0.3, -0.25) is 14.6 Å². The van der Waals surface area contributed by atoms with Gasteiger partial charge in [0.15, 0.2) is 11.6 Å². The van der Waals surface area contributed by atoms with Crippen molar-refractivity contribution in [1.29, 1.82) is 0 Å². The molecule has 2 unspecified atom stereocenters. The van der Waals surface area contributed by atoms with Crippen LogP contribution in [-0.2, 0) is 27.2 Å². The first-order valence-corrected chi connectivity index (χ1v) is 12.6. The van der Waals surface area contributed by atoms with Gasteiger partial charge in [0.05, 0.1) is 0 Å². The van der Waals surface area contributed by atoms with E-state index in [4.69, 9.17) is 4.74 Å². The molecule has 0 aromatic carbocycles. The number of aryl methyl sites for hydroxylation is 5. The average Bonchev–Trinajstić information content (AvgIpc) is 3.45. The van der Waals surface area contributed by atoms with Crippen molar-refractivity contribution in [1.82, 2.24) is 24.6 Å². The first kappa shape index (κ1) is 23.6. The normalized spacial score (nSPS) is 23.3. The molecule has 2 aliphatic rings. The van der Waals surface area contributed by atoms with Gasteiger partial charge in [-0.25, -0.2) is 9.50 Å². The number of rotatable bonds is 6. The third-order valence-corrected chi connectivity index (χ3v) is 7.58. The van der Waals surface area contributed by atoms with Gasteiger partial charge in [0, 0.05) is 35.6 Å². The fourth-order valence-electron chi connectivity index (χ4n) is 5.98. The van der Waals surface area contributed by atoms with Gasteiger partial charge in [-0.2, -0.15) is 4.98 Å². The van der Waals surface area contributed by atoms with Crippen molar-refractivity contribution < 1.29 is 14.3 Å². The molecule has 184 valence electrons. The van der Waals surface area contributed by atoms with Crippen molar-refractivity contribution in [2.75, 3.05) is 0 Å². The van der Waals surface area contributed by atoms with Crippen molar-refractivity contribution in [3.8, 4) is 0 Å². The molecule has 0 bridgehead atoms. The number of hydrogen-bond acceptors (Lipinski definition) is 7. The monoisotopic (exact) mass is 475 g/mol. The summed E-state index contributed by atoms with van der Waals surface area (Å²) >= 11 is 0. The number of fused-ring (bicyclic) bond motifs is 1. The first-order chi connectivity index (χ1) is 16.7. The van der Waals surface area contributed by atoms with Gasteiger partial charge in [-0.05, 0) is 83.1 Å². The second-order valence-electron chi connectivity index (χ2n) is 10.4. The zero-order valence-corrected chi connectivity index (χ0v) is 21.0. The number of esters is 1. The van der Waals surface area contributed by atoms with E-state index in [2.05, 4.69) is 32.2 Å². The van der Waals surface area contributed by atoms with Crippen molar-refractivity contribution in [3.63, 3.8) is 0 Å². The molecule has 2 atom stereocenters. The van der Waals surface area contributed by atoms with Gasteiger partial charge >= 0.3 is 5.97 Å². The third kappa shape index (κ3) is 4.70. The Hall–Kier alpha value is -3.16. The van der Waals surface area contributed by atoms with Crippen LogP contribution >= 0.6 is 0 Å². The summed E-state index contributed by atoms with van der Waals surface area (Å²) in [5, 5.41) is 4.50. The third-order valence-electron chi connectivity index (χ3n) is 7.58. The molecule has 2 fully saturated rings. The number of cyclic esters (lactones) is 1. The predicted octanol–water partition coefficient (Wildman–Crippen LogP) is 3.99. The Balaban J connectivity index is 1.37. The van der Waals surface area contributed by atoms with Crippen LogP contribution in [-0.4, -0.2) is 41.9 Å². The van der Waals surface area contributed by atoms with Crippen molar-refractivity contribution >= 4 is 17.5 Å². The lowest BCUT2D eigenvalue weighted by Crippen LogP contribution is -2.52. The Labute approximate surface area is 205 Å². The number of carbonyl (C=O) groups excluding carboxylic acids is 2. The summed E-state index contributed by atoms with van der Waals surface area (Å²) in [4.78, 5) is 40.1. The van der Waals surface area contributed by atoms with Crippen LogP contribution in [0, 0.1) is 39.5 Å². The van der Waals surface area contributed by atoms with E-state index in [0.717, 1.165) is 54.9 Å². The number of ether oxygens (including phenoxy) is 1. The fraction of sp³-hybridized carbons (Fsp3) is 0.556. The maximum absolute atomic E-state index is 13.4. The highest BCUT2D eigenvalue weighted by Crippen LogP contribution is 2.45. The van der Waals surface area contributed by atoms with Crippen molar-refractivity contribution in [2.24, 2.45) is 11.8 Å². The van der Waals surface area contributed by atoms with Crippen LogP contribution in [0.2, 0.25) is 0 Å². The van der Waals surface area contributed by atoms with Crippen molar-refractivity contribution in [2.45, 2.75) is 84.7 Å². The predicted molar refractivity (Wildman–Crippen MR) is 130 cm³/mol. The van der Waals surface area contributed by atoms with Crippen LogP contribution in [0.1, 0.15) is 72.7 Å². The number of aromatic nitrogens is 5. The second kappa shape index (κ2) is 9.13. The van der Waals surface area contributed by atoms with Gasteiger partial charge in [-0.15, -0.1) is 5.10 Å². The van der Waals surface area contributed by atoms with Crippen LogP contribution in [0.3, 0.4) is 0 Å². The van der Waals surface area contributed by atoms with Gasteiger partial charge in [0.25, 0.3) is 5.78 Å². The second-order valence-corrected chi connectivity index (χ2v) is 10.4. The number of carbonyl (C=O) groups is 2. The zero-order valence-electron chi connectivity index (χ0n) is 21.0.